The number of carbonyl (C=O) groups excluding carboxylic acids is 1. The van der Waals surface area contributed by atoms with E-state index >= 15 is 0 Å². The number of carboxylic acid groups (broad SMARTS) is 1. The second-order valence-corrected chi connectivity index (χ2v) is 4.62. The zero-order valence-corrected chi connectivity index (χ0v) is 9.50. The lowest BCUT2D eigenvalue weighted by Crippen LogP contribution is -2.33. The average Bonchev–Trinajstić information content (AvgIpc) is 2.70. The number of nitrogens with zero attached hydrogens (tertiary/aromatic N) is 2. The Hall–Kier alpha value is -1.27. The number of aromatic carboxylic acids is 1. The van der Waals surface area contributed by atoms with Gasteiger partial charge >= 0.3 is 5.97 Å². The molecule has 6 heteroatoms. The average molecular weight is 240 g/mol. The molecular formula is C10H12N2O3S. The van der Waals surface area contributed by atoms with Gasteiger partial charge in [0.25, 0.3) is 0 Å². The topological polar surface area (TPSA) is 70.5 Å². The summed E-state index contributed by atoms with van der Waals surface area (Å²) in [7, 11) is 0. The summed E-state index contributed by atoms with van der Waals surface area (Å²) in [6.45, 7) is 2.13. The first-order valence-electron chi connectivity index (χ1n) is 5.07. The van der Waals surface area contributed by atoms with Gasteiger partial charge in [0, 0.05) is 37.9 Å². The molecule has 86 valence electrons. The van der Waals surface area contributed by atoms with Crippen LogP contribution in [0.3, 0.4) is 0 Å². The molecule has 1 aliphatic heterocycles. The molecule has 0 radical (unpaired) electrons. The Kier molecular flexibility index (Phi) is 3.31. The summed E-state index contributed by atoms with van der Waals surface area (Å²) in [5.74, 6) is -0.675. The molecule has 0 aromatic carbocycles. The molecule has 1 N–H and O–H groups in total. The summed E-state index contributed by atoms with van der Waals surface area (Å²) >= 11 is 1.14. The van der Waals surface area contributed by atoms with Crippen molar-refractivity contribution >= 4 is 23.1 Å². The minimum atomic E-state index is -0.981. The van der Waals surface area contributed by atoms with Crippen LogP contribution in [-0.2, 0) is 11.3 Å². The normalized spacial score (nSPS) is 17.6. The molecule has 0 atom stereocenters. The minimum absolute atomic E-state index is 0.128. The van der Waals surface area contributed by atoms with E-state index in [2.05, 4.69) is 9.88 Å². The Labute approximate surface area is 96.7 Å². The number of likely N-dealkylation sites (tertiary alicyclic amines) is 1. The van der Waals surface area contributed by atoms with E-state index in [1.54, 1.807) is 5.38 Å². The SMILES string of the molecule is O=C1CCN(Cc2csc(C(=O)O)n2)CC1. The highest BCUT2D eigenvalue weighted by atomic mass is 32.1. The number of hydrogen-bond donors (Lipinski definition) is 1. The maximum atomic E-state index is 11.0. The number of ketones is 1. The number of piperidine rings is 1. The molecule has 5 nitrogen and oxygen atoms in total. The van der Waals surface area contributed by atoms with Crippen LogP contribution in [0.1, 0.15) is 28.3 Å². The molecule has 1 fully saturated rings. The molecule has 0 amide bonds. The number of aromatic nitrogens is 1. The Morgan fingerprint density at radius 2 is 2.19 bits per heavy atom. The molecule has 16 heavy (non-hydrogen) atoms. The van der Waals surface area contributed by atoms with Crippen LogP contribution in [0, 0.1) is 0 Å². The fraction of sp³-hybridized carbons (Fsp3) is 0.500. The van der Waals surface area contributed by atoms with Crippen LogP contribution in [-0.4, -0.2) is 39.8 Å². The maximum Gasteiger partial charge on any atom is 0.365 e. The van der Waals surface area contributed by atoms with Crippen LogP contribution in [0.5, 0.6) is 0 Å². The predicted octanol–water partition coefficient (Wildman–Crippen LogP) is 1.01. The number of hydrogen-bond acceptors (Lipinski definition) is 5. The van der Waals surface area contributed by atoms with Crippen LogP contribution in [0.25, 0.3) is 0 Å². The van der Waals surface area contributed by atoms with Gasteiger partial charge in [0.1, 0.15) is 5.78 Å². The first kappa shape index (κ1) is 11.2. The second-order valence-electron chi connectivity index (χ2n) is 3.76. The van der Waals surface area contributed by atoms with Gasteiger partial charge in [0.15, 0.2) is 0 Å². The lowest BCUT2D eigenvalue weighted by Gasteiger charge is -2.24. The molecule has 0 bridgehead atoms. The molecular weight excluding hydrogens is 228 g/mol. The number of carbonyl (C=O) groups is 2. The van der Waals surface area contributed by atoms with E-state index in [0.29, 0.717) is 25.2 Å². The molecule has 0 unspecified atom stereocenters. The zero-order valence-electron chi connectivity index (χ0n) is 8.68. The van der Waals surface area contributed by atoms with Gasteiger partial charge in [0.2, 0.25) is 5.01 Å². The highest BCUT2D eigenvalue weighted by Crippen LogP contribution is 2.14. The molecule has 0 saturated carbocycles. The van der Waals surface area contributed by atoms with Crippen LogP contribution < -0.4 is 0 Å². The highest BCUT2D eigenvalue weighted by Gasteiger charge is 2.17. The molecule has 0 spiro atoms. The molecule has 0 aliphatic carbocycles. The van der Waals surface area contributed by atoms with Crippen molar-refractivity contribution in [2.45, 2.75) is 19.4 Å². The smallest absolute Gasteiger partial charge is 0.365 e. The van der Waals surface area contributed by atoms with E-state index in [9.17, 15) is 9.59 Å². The van der Waals surface area contributed by atoms with Crippen molar-refractivity contribution in [3.8, 4) is 0 Å². The van der Waals surface area contributed by atoms with Crippen molar-refractivity contribution in [3.05, 3.63) is 16.1 Å². The lowest BCUT2D eigenvalue weighted by atomic mass is 10.1. The van der Waals surface area contributed by atoms with Gasteiger partial charge in [-0.05, 0) is 0 Å². The van der Waals surface area contributed by atoms with Gasteiger partial charge in [-0.15, -0.1) is 11.3 Å². The summed E-state index contributed by atoms with van der Waals surface area (Å²) in [6, 6.07) is 0. The second kappa shape index (κ2) is 4.71. The van der Waals surface area contributed by atoms with Crippen molar-refractivity contribution in [1.82, 2.24) is 9.88 Å². The standard InChI is InChI=1S/C10H12N2O3S/c13-8-1-3-12(4-2-8)5-7-6-16-9(11-7)10(14)15/h6H,1-5H2,(H,14,15). The Bertz CT molecular complexity index is 406. The minimum Gasteiger partial charge on any atom is -0.476 e. The molecule has 2 heterocycles. The summed E-state index contributed by atoms with van der Waals surface area (Å²) in [5, 5.41) is 10.6. The summed E-state index contributed by atoms with van der Waals surface area (Å²) in [5.41, 5.74) is 0.775. The monoisotopic (exact) mass is 240 g/mol. The summed E-state index contributed by atoms with van der Waals surface area (Å²) in [4.78, 5) is 27.8. The highest BCUT2D eigenvalue weighted by molar-refractivity contribution is 7.11. The van der Waals surface area contributed by atoms with E-state index in [1.807, 2.05) is 0 Å². The molecule has 1 aliphatic rings. The van der Waals surface area contributed by atoms with Crippen LogP contribution in [0.2, 0.25) is 0 Å². The summed E-state index contributed by atoms with van der Waals surface area (Å²) in [6.07, 6.45) is 1.19. The third kappa shape index (κ3) is 2.65. The quantitative estimate of drug-likeness (QED) is 0.853. The molecule has 1 aromatic rings. The first-order valence-corrected chi connectivity index (χ1v) is 5.95. The van der Waals surface area contributed by atoms with E-state index < -0.39 is 5.97 Å². The third-order valence-electron chi connectivity index (χ3n) is 2.53. The van der Waals surface area contributed by atoms with Gasteiger partial charge in [-0.1, -0.05) is 0 Å². The largest absolute Gasteiger partial charge is 0.476 e. The van der Waals surface area contributed by atoms with Gasteiger partial charge in [0.05, 0.1) is 5.69 Å². The van der Waals surface area contributed by atoms with Crippen LogP contribution in [0.4, 0.5) is 0 Å². The van der Waals surface area contributed by atoms with Crippen LogP contribution >= 0.6 is 11.3 Å². The number of rotatable bonds is 3. The van der Waals surface area contributed by atoms with Gasteiger partial charge in [-0.25, -0.2) is 9.78 Å². The Morgan fingerprint density at radius 3 is 2.75 bits per heavy atom. The van der Waals surface area contributed by atoms with Crippen molar-refractivity contribution in [2.24, 2.45) is 0 Å². The molecule has 2 rings (SSSR count). The molecule has 1 aromatic heterocycles. The number of thiazole rings is 1. The zero-order chi connectivity index (χ0) is 11.5. The van der Waals surface area contributed by atoms with Crippen molar-refractivity contribution < 1.29 is 14.7 Å². The first-order chi connectivity index (χ1) is 7.65. The van der Waals surface area contributed by atoms with Gasteiger partial charge < -0.3 is 5.11 Å². The Balaban J connectivity index is 1.93. The maximum absolute atomic E-state index is 11.0. The van der Waals surface area contributed by atoms with Crippen molar-refractivity contribution in [3.63, 3.8) is 0 Å². The summed E-state index contributed by atoms with van der Waals surface area (Å²) < 4.78 is 0. The fourth-order valence-corrected chi connectivity index (χ4v) is 2.31. The fourth-order valence-electron chi connectivity index (χ4n) is 1.67. The predicted molar refractivity (Wildman–Crippen MR) is 58.6 cm³/mol. The molecule has 1 saturated heterocycles. The van der Waals surface area contributed by atoms with E-state index in [-0.39, 0.29) is 5.01 Å². The number of Topliss-reactive ketones (excluding diaryl/α,β-unsaturated/α-hetero) is 1. The Morgan fingerprint density at radius 1 is 1.50 bits per heavy atom. The van der Waals surface area contributed by atoms with Crippen molar-refractivity contribution in [2.75, 3.05) is 13.1 Å². The van der Waals surface area contributed by atoms with E-state index in [0.717, 1.165) is 30.1 Å². The van der Waals surface area contributed by atoms with Gasteiger partial charge in [-0.2, -0.15) is 0 Å². The van der Waals surface area contributed by atoms with E-state index in [1.165, 1.54) is 0 Å². The number of carboxylic acids is 1. The van der Waals surface area contributed by atoms with Crippen LogP contribution in [0.15, 0.2) is 5.38 Å². The van der Waals surface area contributed by atoms with Crippen molar-refractivity contribution in [1.29, 1.82) is 0 Å². The lowest BCUT2D eigenvalue weighted by molar-refractivity contribution is -0.121. The van der Waals surface area contributed by atoms with Gasteiger partial charge in [-0.3, -0.25) is 9.69 Å². The third-order valence-corrected chi connectivity index (χ3v) is 3.41. The van der Waals surface area contributed by atoms with E-state index in [4.69, 9.17) is 5.11 Å².